The molecule has 0 aliphatic carbocycles. The van der Waals surface area contributed by atoms with E-state index in [1.165, 1.54) is 19.2 Å². The number of amides is 1. The van der Waals surface area contributed by atoms with E-state index in [2.05, 4.69) is 5.32 Å². The molecule has 0 bridgehead atoms. The van der Waals surface area contributed by atoms with E-state index in [0.29, 0.717) is 43.8 Å². The number of aryl methyl sites for hydroxylation is 1. The zero-order valence-electron chi connectivity index (χ0n) is 15.8. The van der Waals surface area contributed by atoms with E-state index in [1.54, 1.807) is 13.8 Å². The molecule has 148 valence electrons. The molecule has 1 aromatic carbocycles. The van der Waals surface area contributed by atoms with Crippen LogP contribution in [0.1, 0.15) is 25.3 Å². The van der Waals surface area contributed by atoms with Crippen molar-refractivity contribution in [2.75, 3.05) is 38.7 Å². The van der Waals surface area contributed by atoms with E-state index < -0.39 is 4.92 Å². The third-order valence-electron chi connectivity index (χ3n) is 4.57. The predicted octanol–water partition coefficient (Wildman–Crippen LogP) is 2.13. The summed E-state index contributed by atoms with van der Waals surface area (Å²) >= 11 is 0. The van der Waals surface area contributed by atoms with Gasteiger partial charge in [0.25, 0.3) is 0 Å². The number of hydrogen-bond donors (Lipinski definition) is 1. The van der Waals surface area contributed by atoms with Crippen molar-refractivity contribution >= 4 is 23.3 Å². The van der Waals surface area contributed by atoms with Crippen LogP contribution in [0.2, 0.25) is 0 Å². The van der Waals surface area contributed by atoms with Gasteiger partial charge in [-0.25, -0.2) is 0 Å². The summed E-state index contributed by atoms with van der Waals surface area (Å²) in [5, 5.41) is 13.8. The van der Waals surface area contributed by atoms with Crippen LogP contribution in [0.15, 0.2) is 12.1 Å². The summed E-state index contributed by atoms with van der Waals surface area (Å²) in [6.45, 7) is 5.31. The number of anilines is 1. The Kier molecular flexibility index (Phi) is 7.12. The number of carbonyl (C=O) groups excluding carboxylic acids is 2. The van der Waals surface area contributed by atoms with E-state index in [-0.39, 0.29) is 35.8 Å². The van der Waals surface area contributed by atoms with Gasteiger partial charge in [-0.15, -0.1) is 0 Å². The zero-order chi connectivity index (χ0) is 20.0. The van der Waals surface area contributed by atoms with E-state index in [4.69, 9.17) is 9.47 Å². The number of ether oxygens (including phenoxy) is 2. The number of hydrogen-bond acceptors (Lipinski definition) is 7. The summed E-state index contributed by atoms with van der Waals surface area (Å²) in [4.78, 5) is 36.6. The second kappa shape index (κ2) is 9.31. The Hall–Kier alpha value is -2.68. The van der Waals surface area contributed by atoms with Gasteiger partial charge < -0.3 is 14.8 Å². The fraction of sp³-hybridized carbons (Fsp3) is 0.556. The second-order valence-corrected chi connectivity index (χ2v) is 6.45. The number of nitrogens with zero attached hydrogens (tertiary/aromatic N) is 2. The van der Waals surface area contributed by atoms with E-state index >= 15 is 0 Å². The number of esters is 1. The lowest BCUT2D eigenvalue weighted by Crippen LogP contribution is -2.41. The van der Waals surface area contributed by atoms with Gasteiger partial charge in [0.1, 0.15) is 0 Å². The molecule has 1 heterocycles. The number of benzene rings is 1. The minimum absolute atomic E-state index is 0.0937. The van der Waals surface area contributed by atoms with Crippen molar-refractivity contribution in [1.82, 2.24) is 4.90 Å². The number of nitro benzene ring substituents is 1. The van der Waals surface area contributed by atoms with Crippen LogP contribution in [0.3, 0.4) is 0 Å². The molecule has 0 spiro atoms. The van der Waals surface area contributed by atoms with Crippen LogP contribution in [0.4, 0.5) is 11.4 Å². The summed E-state index contributed by atoms with van der Waals surface area (Å²) in [6.07, 6.45) is 1.33. The fourth-order valence-electron chi connectivity index (χ4n) is 3.09. The summed E-state index contributed by atoms with van der Waals surface area (Å²) in [5.41, 5.74) is 0.912. The van der Waals surface area contributed by atoms with Crippen molar-refractivity contribution in [3.05, 3.63) is 27.8 Å². The maximum atomic E-state index is 12.4. The van der Waals surface area contributed by atoms with Gasteiger partial charge in [-0.05, 0) is 45.3 Å². The Labute approximate surface area is 157 Å². The van der Waals surface area contributed by atoms with E-state index in [1.807, 2.05) is 4.90 Å². The number of piperidine rings is 1. The van der Waals surface area contributed by atoms with Crippen LogP contribution in [-0.2, 0) is 14.3 Å². The molecule has 0 unspecified atom stereocenters. The molecule has 27 heavy (non-hydrogen) atoms. The van der Waals surface area contributed by atoms with Gasteiger partial charge >= 0.3 is 11.7 Å². The largest absolute Gasteiger partial charge is 0.490 e. The van der Waals surface area contributed by atoms with Gasteiger partial charge in [0, 0.05) is 17.8 Å². The lowest BCUT2D eigenvalue weighted by molar-refractivity contribution is -0.385. The average molecular weight is 379 g/mol. The molecule has 0 atom stereocenters. The molecule has 1 aliphatic rings. The Morgan fingerprint density at radius 2 is 2.00 bits per heavy atom. The molecule has 9 heteroatoms. The number of methoxy groups -OCH3 is 1. The third kappa shape index (κ3) is 5.40. The lowest BCUT2D eigenvalue weighted by atomic mass is 9.97. The van der Waals surface area contributed by atoms with Crippen molar-refractivity contribution in [3.63, 3.8) is 0 Å². The van der Waals surface area contributed by atoms with Gasteiger partial charge in [0.15, 0.2) is 5.75 Å². The number of rotatable bonds is 7. The van der Waals surface area contributed by atoms with Crippen LogP contribution in [0.5, 0.6) is 5.75 Å². The molecule has 1 aromatic rings. The Morgan fingerprint density at radius 1 is 1.33 bits per heavy atom. The van der Waals surface area contributed by atoms with E-state index in [0.717, 1.165) is 0 Å². The number of nitrogens with one attached hydrogen (secondary N) is 1. The maximum absolute atomic E-state index is 12.4. The standard InChI is InChI=1S/C18H25N3O6/c1-4-27-18(23)13-5-7-20(8-6-13)11-17(22)19-14-10-16(26-3)15(21(24)25)9-12(14)2/h9-10,13H,4-8,11H2,1-3H3,(H,19,22). The van der Waals surface area contributed by atoms with E-state index in [9.17, 15) is 19.7 Å². The zero-order valence-corrected chi connectivity index (χ0v) is 15.8. The minimum Gasteiger partial charge on any atom is -0.490 e. The number of carbonyl (C=O) groups is 2. The highest BCUT2D eigenvalue weighted by molar-refractivity contribution is 5.93. The van der Waals surface area contributed by atoms with Gasteiger partial charge in [0.05, 0.1) is 31.1 Å². The van der Waals surface area contributed by atoms with Crippen molar-refractivity contribution in [3.8, 4) is 5.75 Å². The summed E-state index contributed by atoms with van der Waals surface area (Å²) in [7, 11) is 1.34. The quantitative estimate of drug-likeness (QED) is 0.439. The molecule has 0 aromatic heterocycles. The highest BCUT2D eigenvalue weighted by atomic mass is 16.6. The van der Waals surface area contributed by atoms with Crippen LogP contribution < -0.4 is 10.1 Å². The molecule has 1 N–H and O–H groups in total. The Balaban J connectivity index is 1.93. The first kappa shape index (κ1) is 20.6. The van der Waals surface area contributed by atoms with Gasteiger partial charge in [-0.3, -0.25) is 24.6 Å². The molecular weight excluding hydrogens is 354 g/mol. The molecule has 9 nitrogen and oxygen atoms in total. The Bertz CT molecular complexity index is 713. The lowest BCUT2D eigenvalue weighted by Gasteiger charge is -2.30. The molecule has 0 radical (unpaired) electrons. The van der Waals surface area contributed by atoms with Crippen LogP contribution >= 0.6 is 0 Å². The smallest absolute Gasteiger partial charge is 0.311 e. The summed E-state index contributed by atoms with van der Waals surface area (Å²) in [6, 6.07) is 2.83. The fourth-order valence-corrected chi connectivity index (χ4v) is 3.09. The molecule has 1 amide bonds. The van der Waals surface area contributed by atoms with Crippen LogP contribution in [-0.4, -0.2) is 55.1 Å². The molecule has 1 saturated heterocycles. The molecule has 1 fully saturated rings. The molecule has 0 saturated carbocycles. The van der Waals surface area contributed by atoms with Crippen LogP contribution in [0, 0.1) is 23.0 Å². The van der Waals surface area contributed by atoms with Crippen molar-refractivity contribution < 1.29 is 24.0 Å². The number of likely N-dealkylation sites (tertiary alicyclic amines) is 1. The van der Waals surface area contributed by atoms with Gasteiger partial charge in [-0.2, -0.15) is 0 Å². The first-order chi connectivity index (χ1) is 12.8. The van der Waals surface area contributed by atoms with Gasteiger partial charge in [-0.1, -0.05) is 0 Å². The van der Waals surface area contributed by atoms with Crippen molar-refractivity contribution in [2.45, 2.75) is 26.7 Å². The predicted molar refractivity (Wildman–Crippen MR) is 98.8 cm³/mol. The maximum Gasteiger partial charge on any atom is 0.311 e. The van der Waals surface area contributed by atoms with Crippen LogP contribution in [0.25, 0.3) is 0 Å². The highest BCUT2D eigenvalue weighted by Gasteiger charge is 2.27. The molecular formula is C18H25N3O6. The highest BCUT2D eigenvalue weighted by Crippen LogP contribution is 2.32. The SMILES string of the molecule is CCOC(=O)C1CCN(CC(=O)Nc2cc(OC)c([N+](=O)[O-])cc2C)CC1. The molecule has 2 rings (SSSR count). The third-order valence-corrected chi connectivity index (χ3v) is 4.57. The Morgan fingerprint density at radius 3 is 2.56 bits per heavy atom. The van der Waals surface area contributed by atoms with Gasteiger partial charge in [0.2, 0.25) is 5.91 Å². The minimum atomic E-state index is -0.523. The summed E-state index contributed by atoms with van der Waals surface area (Å²) in [5.74, 6) is -0.402. The average Bonchev–Trinajstić information content (AvgIpc) is 2.63. The first-order valence-electron chi connectivity index (χ1n) is 8.87. The summed E-state index contributed by atoms with van der Waals surface area (Å²) < 4.78 is 10.1. The molecule has 1 aliphatic heterocycles. The number of nitro groups is 1. The monoisotopic (exact) mass is 379 g/mol. The second-order valence-electron chi connectivity index (χ2n) is 6.45. The van der Waals surface area contributed by atoms with Crippen molar-refractivity contribution in [1.29, 1.82) is 0 Å². The topological polar surface area (TPSA) is 111 Å². The van der Waals surface area contributed by atoms with Crippen molar-refractivity contribution in [2.24, 2.45) is 5.92 Å². The first-order valence-corrected chi connectivity index (χ1v) is 8.87. The normalized spacial score (nSPS) is 15.2.